The summed E-state index contributed by atoms with van der Waals surface area (Å²) in [4.78, 5) is 11.6. The summed E-state index contributed by atoms with van der Waals surface area (Å²) in [7, 11) is 0.958. The van der Waals surface area contributed by atoms with Crippen molar-refractivity contribution in [1.29, 1.82) is 0 Å². The molecule has 0 radical (unpaired) electrons. The highest BCUT2D eigenvalue weighted by Crippen LogP contribution is 2.51. The number of hydrogen-bond acceptors (Lipinski definition) is 4. The number of nitrogens with zero attached hydrogens (tertiary/aromatic N) is 2. The molecule has 1 fully saturated rings. The fraction of sp³-hybridized carbons (Fsp3) is 0.857. The summed E-state index contributed by atoms with van der Waals surface area (Å²) in [5.74, 6) is -1.24. The number of methoxy groups -OCH3 is 1. The molecule has 1 saturated carbocycles. The Labute approximate surface area is 127 Å². The normalized spacial score (nSPS) is 32.5. The van der Waals surface area contributed by atoms with Crippen LogP contribution in [0.5, 0.6) is 0 Å². The van der Waals surface area contributed by atoms with Crippen molar-refractivity contribution in [2.75, 3.05) is 7.11 Å². The minimum absolute atomic E-state index is 0.00271. The number of alkyl halides is 3. The van der Waals surface area contributed by atoms with Crippen LogP contribution in [0, 0.1) is 17.3 Å². The zero-order valence-electron chi connectivity index (χ0n) is 13.1. The van der Waals surface area contributed by atoms with Crippen LogP contribution in [0.25, 0.3) is 0 Å². The molecule has 8 heteroatoms. The van der Waals surface area contributed by atoms with Gasteiger partial charge in [-0.05, 0) is 30.6 Å². The predicted molar refractivity (Wildman–Crippen MR) is 73.0 cm³/mol. The number of ether oxygens (including phenoxy) is 1. The summed E-state index contributed by atoms with van der Waals surface area (Å²) < 4.78 is 44.9. The van der Waals surface area contributed by atoms with E-state index in [1.807, 2.05) is 20.8 Å². The summed E-state index contributed by atoms with van der Waals surface area (Å²) in [6.07, 6.45) is -5.18. The first kappa shape index (κ1) is 17.1. The number of aliphatic hydroxyl groups is 1. The van der Waals surface area contributed by atoms with Gasteiger partial charge in [0.15, 0.2) is 0 Å². The zero-order chi connectivity index (χ0) is 16.9. The van der Waals surface area contributed by atoms with E-state index in [9.17, 15) is 23.1 Å². The fourth-order valence-electron chi connectivity index (χ4n) is 3.27. The van der Waals surface area contributed by atoms with E-state index < -0.39 is 23.9 Å². The SMILES string of the molecule is COC(=O)N1N=C2CC[C@H](C(C)(C)C)C[C@H]2[C@]1(O)C(F)(F)F. The third-order valence-electron chi connectivity index (χ3n) is 4.70. The number of rotatable bonds is 0. The summed E-state index contributed by atoms with van der Waals surface area (Å²) >= 11 is 0. The molecule has 0 aromatic rings. The molecule has 5 nitrogen and oxygen atoms in total. The maximum Gasteiger partial charge on any atom is 0.439 e. The van der Waals surface area contributed by atoms with E-state index in [4.69, 9.17) is 0 Å². The molecule has 0 aromatic carbocycles. The number of carbonyl (C=O) groups is 1. The van der Waals surface area contributed by atoms with Gasteiger partial charge in [0.25, 0.3) is 5.72 Å². The van der Waals surface area contributed by atoms with Crippen molar-refractivity contribution in [3.63, 3.8) is 0 Å². The average molecular weight is 322 g/mol. The molecule has 0 spiro atoms. The highest BCUT2D eigenvalue weighted by molar-refractivity contribution is 5.92. The Morgan fingerprint density at radius 1 is 1.41 bits per heavy atom. The Morgan fingerprint density at radius 3 is 2.45 bits per heavy atom. The molecule has 22 heavy (non-hydrogen) atoms. The zero-order valence-corrected chi connectivity index (χ0v) is 13.1. The number of carbonyl (C=O) groups excluding carboxylic acids is 1. The van der Waals surface area contributed by atoms with Crippen LogP contribution in [0.4, 0.5) is 18.0 Å². The van der Waals surface area contributed by atoms with Gasteiger partial charge in [-0.25, -0.2) is 4.79 Å². The molecule has 2 aliphatic rings. The van der Waals surface area contributed by atoms with Gasteiger partial charge in [0.05, 0.1) is 13.0 Å². The number of hydrazone groups is 1. The molecule has 0 unspecified atom stereocenters. The van der Waals surface area contributed by atoms with Gasteiger partial charge in [0.2, 0.25) is 0 Å². The van der Waals surface area contributed by atoms with Crippen LogP contribution in [0.2, 0.25) is 0 Å². The van der Waals surface area contributed by atoms with Crippen molar-refractivity contribution in [2.24, 2.45) is 22.4 Å². The third kappa shape index (κ3) is 2.47. The van der Waals surface area contributed by atoms with Crippen molar-refractivity contribution in [1.82, 2.24) is 5.01 Å². The number of amides is 1. The van der Waals surface area contributed by atoms with E-state index in [-0.39, 0.29) is 28.5 Å². The molecule has 2 rings (SSSR count). The Hall–Kier alpha value is -1.31. The Bertz CT molecular complexity index is 499. The lowest BCUT2D eigenvalue weighted by molar-refractivity contribution is -0.316. The first-order valence-electron chi connectivity index (χ1n) is 7.17. The molecule has 1 aliphatic heterocycles. The number of halogens is 3. The van der Waals surface area contributed by atoms with Crippen LogP contribution >= 0.6 is 0 Å². The van der Waals surface area contributed by atoms with Crippen LogP contribution in [0.1, 0.15) is 40.0 Å². The van der Waals surface area contributed by atoms with Crippen molar-refractivity contribution >= 4 is 11.8 Å². The molecular formula is C14H21F3N2O3. The lowest BCUT2D eigenvalue weighted by Crippen LogP contribution is -2.62. The molecule has 1 heterocycles. The molecule has 0 aromatic heterocycles. The van der Waals surface area contributed by atoms with Crippen molar-refractivity contribution in [3.05, 3.63) is 0 Å². The minimum atomic E-state index is -5.02. The predicted octanol–water partition coefficient (Wildman–Crippen LogP) is 3.14. The van der Waals surface area contributed by atoms with Crippen LogP contribution in [0.3, 0.4) is 0 Å². The van der Waals surface area contributed by atoms with E-state index in [0.717, 1.165) is 7.11 Å². The molecule has 1 amide bonds. The van der Waals surface area contributed by atoms with Gasteiger partial charge >= 0.3 is 12.3 Å². The van der Waals surface area contributed by atoms with Gasteiger partial charge in [-0.2, -0.15) is 23.3 Å². The van der Waals surface area contributed by atoms with E-state index in [1.165, 1.54) is 0 Å². The quantitative estimate of drug-likeness (QED) is 0.745. The van der Waals surface area contributed by atoms with Gasteiger partial charge in [-0.1, -0.05) is 20.8 Å². The van der Waals surface area contributed by atoms with Gasteiger partial charge in [0, 0.05) is 5.71 Å². The summed E-state index contributed by atoms with van der Waals surface area (Å²) in [6, 6.07) is 0. The molecule has 1 aliphatic carbocycles. The maximum absolute atomic E-state index is 13.5. The second-order valence-corrected chi connectivity index (χ2v) is 6.99. The Kier molecular flexibility index (Phi) is 3.96. The lowest BCUT2D eigenvalue weighted by Gasteiger charge is -2.42. The molecule has 1 N–H and O–H groups in total. The van der Waals surface area contributed by atoms with Crippen LogP contribution in [-0.2, 0) is 4.74 Å². The largest absolute Gasteiger partial charge is 0.451 e. The fourth-order valence-corrected chi connectivity index (χ4v) is 3.27. The number of hydrogen-bond donors (Lipinski definition) is 1. The average Bonchev–Trinajstić information content (AvgIpc) is 2.71. The maximum atomic E-state index is 13.5. The first-order chi connectivity index (χ1) is 9.92. The minimum Gasteiger partial charge on any atom is -0.451 e. The molecular weight excluding hydrogens is 301 g/mol. The van der Waals surface area contributed by atoms with Gasteiger partial charge < -0.3 is 9.84 Å². The first-order valence-corrected chi connectivity index (χ1v) is 7.17. The summed E-state index contributed by atoms with van der Waals surface area (Å²) in [5.41, 5.74) is -3.30. The van der Waals surface area contributed by atoms with E-state index in [2.05, 4.69) is 9.84 Å². The van der Waals surface area contributed by atoms with Crippen LogP contribution in [-0.4, -0.2) is 40.9 Å². The lowest BCUT2D eigenvalue weighted by atomic mass is 9.66. The number of fused-ring (bicyclic) bond motifs is 1. The Morgan fingerprint density at radius 2 is 2.00 bits per heavy atom. The summed E-state index contributed by atoms with van der Waals surface area (Å²) in [6.45, 7) is 5.87. The van der Waals surface area contributed by atoms with E-state index in [1.54, 1.807) is 0 Å². The van der Waals surface area contributed by atoms with Crippen molar-refractivity contribution in [3.8, 4) is 0 Å². The van der Waals surface area contributed by atoms with Crippen LogP contribution in [0.15, 0.2) is 5.10 Å². The van der Waals surface area contributed by atoms with Gasteiger partial charge in [-0.3, -0.25) is 0 Å². The van der Waals surface area contributed by atoms with Crippen LogP contribution < -0.4 is 0 Å². The van der Waals surface area contributed by atoms with E-state index in [0.29, 0.717) is 12.8 Å². The Balaban J connectivity index is 2.42. The smallest absolute Gasteiger partial charge is 0.439 e. The molecule has 126 valence electrons. The molecule has 0 bridgehead atoms. The monoisotopic (exact) mass is 322 g/mol. The molecule has 3 atom stereocenters. The second-order valence-electron chi connectivity index (χ2n) is 6.99. The van der Waals surface area contributed by atoms with E-state index >= 15 is 0 Å². The van der Waals surface area contributed by atoms with Crippen molar-refractivity contribution in [2.45, 2.75) is 51.9 Å². The highest BCUT2D eigenvalue weighted by atomic mass is 19.4. The highest BCUT2D eigenvalue weighted by Gasteiger charge is 2.69. The van der Waals surface area contributed by atoms with Crippen molar-refractivity contribution < 1.29 is 27.8 Å². The standard InChI is InChI=1S/C14H21F3N2O3/c1-12(2,3)8-5-6-10-9(7-8)13(21,14(15,16)17)19(18-10)11(20)22-4/h8-9,21H,5-7H2,1-4H3/t8-,9+,13-/m0/s1. The van der Waals surface area contributed by atoms with Gasteiger partial charge in [-0.15, -0.1) is 0 Å². The second kappa shape index (κ2) is 5.11. The molecule has 0 saturated heterocycles. The summed E-state index contributed by atoms with van der Waals surface area (Å²) in [5, 5.41) is 14.1. The third-order valence-corrected chi connectivity index (χ3v) is 4.70. The topological polar surface area (TPSA) is 62.1 Å². The van der Waals surface area contributed by atoms with Gasteiger partial charge in [0.1, 0.15) is 0 Å².